The SMILES string of the molecule is CCCCCCc1cccc(OCCN(C)C)c1. The minimum atomic E-state index is 0.756. The van der Waals surface area contributed by atoms with Crippen LogP contribution in [0.4, 0.5) is 0 Å². The number of rotatable bonds is 9. The monoisotopic (exact) mass is 249 g/mol. The Balaban J connectivity index is 2.32. The lowest BCUT2D eigenvalue weighted by Gasteiger charge is -2.11. The Morgan fingerprint density at radius 3 is 2.67 bits per heavy atom. The molecule has 0 saturated carbocycles. The first-order valence-corrected chi connectivity index (χ1v) is 7.09. The summed E-state index contributed by atoms with van der Waals surface area (Å²) in [6.45, 7) is 3.96. The van der Waals surface area contributed by atoms with E-state index < -0.39 is 0 Å². The van der Waals surface area contributed by atoms with Crippen LogP contribution < -0.4 is 4.74 Å². The first-order valence-electron chi connectivity index (χ1n) is 7.09. The van der Waals surface area contributed by atoms with Gasteiger partial charge in [0.2, 0.25) is 0 Å². The highest BCUT2D eigenvalue weighted by Crippen LogP contribution is 2.15. The van der Waals surface area contributed by atoms with E-state index in [0.717, 1.165) is 18.9 Å². The Bertz CT molecular complexity index is 323. The van der Waals surface area contributed by atoms with Gasteiger partial charge in [0, 0.05) is 6.54 Å². The molecular weight excluding hydrogens is 222 g/mol. The number of unbranched alkanes of at least 4 members (excludes halogenated alkanes) is 3. The van der Waals surface area contributed by atoms with Crippen LogP contribution >= 0.6 is 0 Å². The fourth-order valence-corrected chi connectivity index (χ4v) is 1.89. The second kappa shape index (κ2) is 8.98. The molecule has 1 aromatic carbocycles. The van der Waals surface area contributed by atoms with Crippen molar-refractivity contribution in [1.29, 1.82) is 0 Å². The maximum atomic E-state index is 5.74. The van der Waals surface area contributed by atoms with Crippen molar-refractivity contribution < 1.29 is 4.74 Å². The molecule has 0 heterocycles. The van der Waals surface area contributed by atoms with Crippen molar-refractivity contribution in [3.05, 3.63) is 29.8 Å². The molecule has 0 fully saturated rings. The number of hydrogen-bond donors (Lipinski definition) is 0. The predicted molar refractivity (Wildman–Crippen MR) is 78.3 cm³/mol. The molecule has 102 valence electrons. The number of nitrogens with zero attached hydrogens (tertiary/aromatic N) is 1. The smallest absolute Gasteiger partial charge is 0.119 e. The molecule has 0 aliphatic carbocycles. The first kappa shape index (κ1) is 15.0. The molecule has 0 bridgehead atoms. The lowest BCUT2D eigenvalue weighted by Crippen LogP contribution is -2.19. The largest absolute Gasteiger partial charge is 0.492 e. The summed E-state index contributed by atoms with van der Waals surface area (Å²) in [5.41, 5.74) is 1.40. The van der Waals surface area contributed by atoms with Gasteiger partial charge in [-0.2, -0.15) is 0 Å². The lowest BCUT2D eigenvalue weighted by molar-refractivity contribution is 0.261. The summed E-state index contributed by atoms with van der Waals surface area (Å²) >= 11 is 0. The zero-order chi connectivity index (χ0) is 13.2. The third kappa shape index (κ3) is 6.65. The van der Waals surface area contributed by atoms with Crippen LogP contribution in [0.25, 0.3) is 0 Å². The zero-order valence-corrected chi connectivity index (χ0v) is 12.1. The van der Waals surface area contributed by atoms with Crippen LogP contribution in [0.15, 0.2) is 24.3 Å². The van der Waals surface area contributed by atoms with Gasteiger partial charge in [-0.3, -0.25) is 0 Å². The van der Waals surface area contributed by atoms with E-state index in [1.165, 1.54) is 37.7 Å². The summed E-state index contributed by atoms with van der Waals surface area (Å²) in [7, 11) is 4.13. The first-order chi connectivity index (χ1) is 8.72. The predicted octanol–water partition coefficient (Wildman–Crippen LogP) is 3.75. The molecule has 0 unspecified atom stereocenters. The molecule has 0 aromatic heterocycles. The molecule has 1 rings (SSSR count). The van der Waals surface area contributed by atoms with Gasteiger partial charge in [0.1, 0.15) is 12.4 Å². The van der Waals surface area contributed by atoms with Crippen molar-refractivity contribution in [2.24, 2.45) is 0 Å². The van der Waals surface area contributed by atoms with E-state index in [0.29, 0.717) is 0 Å². The van der Waals surface area contributed by atoms with E-state index in [1.807, 2.05) is 6.07 Å². The normalized spacial score (nSPS) is 10.9. The van der Waals surface area contributed by atoms with Crippen LogP contribution in [0.3, 0.4) is 0 Å². The van der Waals surface area contributed by atoms with Crippen LogP contribution in [0, 0.1) is 0 Å². The van der Waals surface area contributed by atoms with E-state index in [-0.39, 0.29) is 0 Å². The van der Waals surface area contributed by atoms with Gasteiger partial charge in [-0.25, -0.2) is 0 Å². The highest BCUT2D eigenvalue weighted by Gasteiger charge is 1.98. The molecule has 0 saturated heterocycles. The molecule has 0 N–H and O–H groups in total. The molecular formula is C16H27NO. The standard InChI is InChI=1S/C16H27NO/c1-4-5-6-7-9-15-10-8-11-16(14-15)18-13-12-17(2)3/h8,10-11,14H,4-7,9,12-13H2,1-3H3. The van der Waals surface area contributed by atoms with Gasteiger partial charge >= 0.3 is 0 Å². The number of likely N-dealkylation sites (N-methyl/N-ethyl adjacent to an activating group) is 1. The Morgan fingerprint density at radius 2 is 1.94 bits per heavy atom. The molecule has 0 atom stereocenters. The minimum absolute atomic E-state index is 0.756. The number of benzene rings is 1. The Labute approximate surface area is 112 Å². The highest BCUT2D eigenvalue weighted by molar-refractivity contribution is 5.28. The Morgan fingerprint density at radius 1 is 1.11 bits per heavy atom. The molecule has 0 spiro atoms. The molecule has 0 aliphatic heterocycles. The quantitative estimate of drug-likeness (QED) is 0.618. The van der Waals surface area contributed by atoms with Crippen molar-refractivity contribution in [1.82, 2.24) is 4.90 Å². The third-order valence-electron chi connectivity index (χ3n) is 3.02. The summed E-state index contributed by atoms with van der Waals surface area (Å²) in [6.07, 6.45) is 6.44. The van der Waals surface area contributed by atoms with Gasteiger partial charge in [-0.15, -0.1) is 0 Å². The molecule has 2 nitrogen and oxygen atoms in total. The van der Waals surface area contributed by atoms with Crippen molar-refractivity contribution in [3.8, 4) is 5.75 Å². The van der Waals surface area contributed by atoms with Crippen molar-refractivity contribution in [2.75, 3.05) is 27.2 Å². The fourth-order valence-electron chi connectivity index (χ4n) is 1.89. The number of aryl methyl sites for hydroxylation is 1. The molecule has 0 aliphatic rings. The molecule has 0 amide bonds. The van der Waals surface area contributed by atoms with Gasteiger partial charge in [-0.05, 0) is 44.6 Å². The summed E-state index contributed by atoms with van der Waals surface area (Å²) in [5.74, 6) is 1.00. The van der Waals surface area contributed by atoms with Gasteiger partial charge < -0.3 is 9.64 Å². The van der Waals surface area contributed by atoms with Crippen LogP contribution in [0.1, 0.15) is 38.2 Å². The number of hydrogen-bond acceptors (Lipinski definition) is 2. The highest BCUT2D eigenvalue weighted by atomic mass is 16.5. The molecule has 1 aromatic rings. The minimum Gasteiger partial charge on any atom is -0.492 e. The van der Waals surface area contributed by atoms with E-state index in [2.05, 4.69) is 44.1 Å². The van der Waals surface area contributed by atoms with E-state index in [9.17, 15) is 0 Å². The molecule has 18 heavy (non-hydrogen) atoms. The third-order valence-corrected chi connectivity index (χ3v) is 3.02. The average molecular weight is 249 g/mol. The average Bonchev–Trinajstić information content (AvgIpc) is 2.35. The van der Waals surface area contributed by atoms with E-state index in [1.54, 1.807) is 0 Å². The number of ether oxygens (including phenoxy) is 1. The van der Waals surface area contributed by atoms with Gasteiger partial charge in [-0.1, -0.05) is 38.3 Å². The van der Waals surface area contributed by atoms with Gasteiger partial charge in [0.15, 0.2) is 0 Å². The van der Waals surface area contributed by atoms with Gasteiger partial charge in [0.05, 0.1) is 0 Å². The topological polar surface area (TPSA) is 12.5 Å². The van der Waals surface area contributed by atoms with Crippen molar-refractivity contribution in [3.63, 3.8) is 0 Å². The maximum Gasteiger partial charge on any atom is 0.119 e. The molecule has 0 radical (unpaired) electrons. The zero-order valence-electron chi connectivity index (χ0n) is 12.1. The Hall–Kier alpha value is -1.02. The van der Waals surface area contributed by atoms with Crippen LogP contribution in [-0.2, 0) is 6.42 Å². The second-order valence-corrected chi connectivity index (χ2v) is 5.11. The van der Waals surface area contributed by atoms with Crippen molar-refractivity contribution >= 4 is 0 Å². The van der Waals surface area contributed by atoms with Crippen LogP contribution in [0.5, 0.6) is 5.75 Å². The van der Waals surface area contributed by atoms with Crippen LogP contribution in [0.2, 0.25) is 0 Å². The molecule has 2 heteroatoms. The fraction of sp³-hybridized carbons (Fsp3) is 0.625. The lowest BCUT2D eigenvalue weighted by atomic mass is 10.1. The second-order valence-electron chi connectivity index (χ2n) is 5.11. The van der Waals surface area contributed by atoms with E-state index in [4.69, 9.17) is 4.74 Å². The summed E-state index contributed by atoms with van der Waals surface area (Å²) < 4.78 is 5.74. The summed E-state index contributed by atoms with van der Waals surface area (Å²) in [5, 5.41) is 0. The summed E-state index contributed by atoms with van der Waals surface area (Å²) in [6, 6.07) is 8.53. The van der Waals surface area contributed by atoms with Crippen molar-refractivity contribution in [2.45, 2.75) is 39.0 Å². The maximum absolute atomic E-state index is 5.74. The van der Waals surface area contributed by atoms with E-state index >= 15 is 0 Å². The van der Waals surface area contributed by atoms with Gasteiger partial charge in [0.25, 0.3) is 0 Å². The Kier molecular flexibility index (Phi) is 7.51. The summed E-state index contributed by atoms with van der Waals surface area (Å²) in [4.78, 5) is 2.13. The van der Waals surface area contributed by atoms with Crippen LogP contribution in [-0.4, -0.2) is 32.1 Å².